The van der Waals surface area contributed by atoms with E-state index < -0.39 is 11.8 Å². The maximum atomic E-state index is 13.5. The number of unbranched alkanes of at least 4 members (excludes halogenated alkanes) is 1. The molecular weight excluding hydrogens is 406 g/mol. The normalized spacial score (nSPS) is 18.0. The molecule has 7 heteroatoms. The number of ether oxygens (including phenoxy) is 1. The largest absolute Gasteiger partial charge is 0.497 e. The summed E-state index contributed by atoms with van der Waals surface area (Å²) < 4.78 is 5.26. The molecule has 0 aromatic heterocycles. The molecule has 3 amide bonds. The van der Waals surface area contributed by atoms with Crippen molar-refractivity contribution in [1.82, 2.24) is 9.80 Å². The van der Waals surface area contributed by atoms with Crippen molar-refractivity contribution in [2.75, 3.05) is 20.7 Å². The van der Waals surface area contributed by atoms with Gasteiger partial charge in [-0.15, -0.1) is 0 Å². The SMILES string of the molecule is CCCCN1C(=O)CC(C(=O)N(C)Cc2cccc(C(N)=O)c2)C1c1ccc(OC)cc1. The fourth-order valence-corrected chi connectivity index (χ4v) is 4.28. The molecule has 2 N–H and O–H groups in total. The van der Waals surface area contributed by atoms with Gasteiger partial charge in [-0.05, 0) is 41.8 Å². The third kappa shape index (κ3) is 5.10. The number of primary amides is 1. The Labute approximate surface area is 189 Å². The summed E-state index contributed by atoms with van der Waals surface area (Å²) in [6.45, 7) is 3.04. The number of amides is 3. The van der Waals surface area contributed by atoms with Gasteiger partial charge in [0, 0.05) is 32.1 Å². The summed E-state index contributed by atoms with van der Waals surface area (Å²) in [7, 11) is 3.33. The Kier molecular flexibility index (Phi) is 7.51. The topological polar surface area (TPSA) is 92.9 Å². The zero-order valence-corrected chi connectivity index (χ0v) is 18.9. The first-order valence-electron chi connectivity index (χ1n) is 10.9. The van der Waals surface area contributed by atoms with Crippen LogP contribution < -0.4 is 10.5 Å². The molecule has 3 rings (SSSR count). The number of hydrogen-bond acceptors (Lipinski definition) is 4. The van der Waals surface area contributed by atoms with E-state index in [9.17, 15) is 14.4 Å². The molecule has 1 heterocycles. The maximum absolute atomic E-state index is 13.5. The Hall–Kier alpha value is -3.35. The number of benzene rings is 2. The lowest BCUT2D eigenvalue weighted by Crippen LogP contribution is -2.37. The van der Waals surface area contributed by atoms with E-state index in [4.69, 9.17) is 10.5 Å². The Morgan fingerprint density at radius 3 is 2.53 bits per heavy atom. The van der Waals surface area contributed by atoms with Gasteiger partial charge in [0.25, 0.3) is 0 Å². The highest BCUT2D eigenvalue weighted by Gasteiger charge is 2.45. The molecule has 7 nitrogen and oxygen atoms in total. The van der Waals surface area contributed by atoms with Gasteiger partial charge in [-0.2, -0.15) is 0 Å². The summed E-state index contributed by atoms with van der Waals surface area (Å²) in [5, 5.41) is 0. The molecule has 0 spiro atoms. The molecule has 2 aromatic rings. The third-order valence-corrected chi connectivity index (χ3v) is 5.97. The summed E-state index contributed by atoms with van der Waals surface area (Å²) in [6.07, 6.45) is 2.04. The first kappa shape index (κ1) is 23.3. The Morgan fingerprint density at radius 2 is 1.91 bits per heavy atom. The van der Waals surface area contributed by atoms with E-state index in [0.717, 1.165) is 29.7 Å². The first-order valence-corrected chi connectivity index (χ1v) is 10.9. The number of methoxy groups -OCH3 is 1. The second kappa shape index (κ2) is 10.3. The molecule has 0 radical (unpaired) electrons. The van der Waals surface area contributed by atoms with Crippen LogP contribution in [0.1, 0.15) is 53.7 Å². The van der Waals surface area contributed by atoms with Gasteiger partial charge in [0.2, 0.25) is 17.7 Å². The summed E-state index contributed by atoms with van der Waals surface area (Å²) in [6, 6.07) is 14.2. The number of likely N-dealkylation sites (tertiary alicyclic amines) is 1. The van der Waals surface area contributed by atoms with Crippen LogP contribution in [-0.4, -0.2) is 48.2 Å². The summed E-state index contributed by atoms with van der Waals surface area (Å²) in [4.78, 5) is 41.3. The van der Waals surface area contributed by atoms with Crippen molar-refractivity contribution in [3.05, 3.63) is 65.2 Å². The number of nitrogens with zero attached hydrogens (tertiary/aromatic N) is 2. The van der Waals surface area contributed by atoms with Crippen LogP contribution in [0.15, 0.2) is 48.5 Å². The highest BCUT2D eigenvalue weighted by Crippen LogP contribution is 2.40. The van der Waals surface area contributed by atoms with Crippen LogP contribution in [0, 0.1) is 5.92 Å². The molecule has 0 bridgehead atoms. The molecule has 32 heavy (non-hydrogen) atoms. The molecule has 1 fully saturated rings. The van der Waals surface area contributed by atoms with E-state index in [2.05, 4.69) is 6.92 Å². The van der Waals surface area contributed by atoms with E-state index in [-0.39, 0.29) is 24.3 Å². The Bertz CT molecular complexity index is 973. The predicted octanol–water partition coefficient (Wildman–Crippen LogP) is 3.14. The minimum atomic E-state index is -0.506. The van der Waals surface area contributed by atoms with Gasteiger partial charge < -0.3 is 20.3 Å². The number of carbonyl (C=O) groups is 3. The number of nitrogens with two attached hydrogens (primary N) is 1. The zero-order valence-electron chi connectivity index (χ0n) is 18.9. The van der Waals surface area contributed by atoms with Crippen molar-refractivity contribution in [1.29, 1.82) is 0 Å². The number of rotatable bonds is 9. The first-order chi connectivity index (χ1) is 15.3. The van der Waals surface area contributed by atoms with Crippen molar-refractivity contribution in [2.24, 2.45) is 11.7 Å². The van der Waals surface area contributed by atoms with Crippen LogP contribution in [0.25, 0.3) is 0 Å². The van der Waals surface area contributed by atoms with E-state index in [0.29, 0.717) is 18.7 Å². The quantitative estimate of drug-likeness (QED) is 0.652. The van der Waals surface area contributed by atoms with Crippen LogP contribution >= 0.6 is 0 Å². The molecule has 2 atom stereocenters. The molecular formula is C25H31N3O4. The van der Waals surface area contributed by atoms with Crippen molar-refractivity contribution < 1.29 is 19.1 Å². The van der Waals surface area contributed by atoms with E-state index in [1.807, 2.05) is 35.2 Å². The zero-order chi connectivity index (χ0) is 23.3. The second-order valence-corrected chi connectivity index (χ2v) is 8.23. The van der Waals surface area contributed by atoms with Crippen LogP contribution in [0.5, 0.6) is 5.75 Å². The van der Waals surface area contributed by atoms with Gasteiger partial charge in [-0.25, -0.2) is 0 Å². The Morgan fingerprint density at radius 1 is 1.19 bits per heavy atom. The summed E-state index contributed by atoms with van der Waals surface area (Å²) >= 11 is 0. The standard InChI is InChI=1S/C25H31N3O4/c1-4-5-13-28-22(29)15-21(23(28)18-9-11-20(32-3)12-10-18)25(31)27(2)16-17-7-6-8-19(14-17)24(26)30/h6-12,14,21,23H,4-5,13,15-16H2,1-3H3,(H2,26,30). The van der Waals surface area contributed by atoms with Crippen molar-refractivity contribution in [2.45, 2.75) is 38.8 Å². The van der Waals surface area contributed by atoms with Crippen molar-refractivity contribution in [3.63, 3.8) is 0 Å². The fraction of sp³-hybridized carbons (Fsp3) is 0.400. The molecule has 170 valence electrons. The van der Waals surface area contributed by atoms with Crippen LogP contribution in [0.2, 0.25) is 0 Å². The lowest BCUT2D eigenvalue weighted by Gasteiger charge is -2.30. The second-order valence-electron chi connectivity index (χ2n) is 8.23. The van der Waals surface area contributed by atoms with Gasteiger partial charge in [-0.3, -0.25) is 14.4 Å². The van der Waals surface area contributed by atoms with Crippen LogP contribution in [0.3, 0.4) is 0 Å². The van der Waals surface area contributed by atoms with Crippen LogP contribution in [0.4, 0.5) is 0 Å². The highest BCUT2D eigenvalue weighted by atomic mass is 16.5. The van der Waals surface area contributed by atoms with Gasteiger partial charge in [0.05, 0.1) is 19.1 Å². The van der Waals surface area contributed by atoms with E-state index in [1.165, 1.54) is 0 Å². The van der Waals surface area contributed by atoms with E-state index >= 15 is 0 Å². The van der Waals surface area contributed by atoms with Gasteiger partial charge >= 0.3 is 0 Å². The summed E-state index contributed by atoms with van der Waals surface area (Å²) in [5.74, 6) is -0.345. The van der Waals surface area contributed by atoms with Crippen molar-refractivity contribution in [3.8, 4) is 5.75 Å². The fourth-order valence-electron chi connectivity index (χ4n) is 4.28. The highest BCUT2D eigenvalue weighted by molar-refractivity contribution is 5.93. The van der Waals surface area contributed by atoms with Crippen molar-refractivity contribution >= 4 is 17.7 Å². The predicted molar refractivity (Wildman–Crippen MR) is 122 cm³/mol. The van der Waals surface area contributed by atoms with Gasteiger partial charge in [0.1, 0.15) is 5.75 Å². The maximum Gasteiger partial charge on any atom is 0.248 e. The summed E-state index contributed by atoms with van der Waals surface area (Å²) in [5.41, 5.74) is 7.52. The molecule has 0 aliphatic carbocycles. The molecule has 2 aromatic carbocycles. The minimum Gasteiger partial charge on any atom is -0.497 e. The van der Waals surface area contributed by atoms with Gasteiger partial charge in [-0.1, -0.05) is 37.6 Å². The lowest BCUT2D eigenvalue weighted by atomic mass is 9.92. The third-order valence-electron chi connectivity index (χ3n) is 5.97. The monoisotopic (exact) mass is 437 g/mol. The van der Waals surface area contributed by atoms with E-state index in [1.54, 1.807) is 37.3 Å². The minimum absolute atomic E-state index is 0.00161. The smallest absolute Gasteiger partial charge is 0.248 e. The molecule has 1 saturated heterocycles. The molecule has 2 unspecified atom stereocenters. The average Bonchev–Trinajstić information content (AvgIpc) is 3.13. The van der Waals surface area contributed by atoms with Crippen LogP contribution in [-0.2, 0) is 16.1 Å². The average molecular weight is 438 g/mol. The number of carbonyl (C=O) groups excluding carboxylic acids is 3. The molecule has 0 saturated carbocycles. The number of hydrogen-bond donors (Lipinski definition) is 1. The Balaban J connectivity index is 1.85. The molecule has 1 aliphatic heterocycles. The van der Waals surface area contributed by atoms with Gasteiger partial charge in [0.15, 0.2) is 0 Å². The molecule has 1 aliphatic rings. The lowest BCUT2D eigenvalue weighted by molar-refractivity contribution is -0.135.